The SMILES string of the molecule is Fc1ccccc1C1=CCCNC1. The molecule has 1 aliphatic rings. The van der Waals surface area contributed by atoms with Crippen LogP contribution in [0.5, 0.6) is 0 Å². The van der Waals surface area contributed by atoms with Crippen molar-refractivity contribution in [3.63, 3.8) is 0 Å². The molecule has 0 radical (unpaired) electrons. The van der Waals surface area contributed by atoms with E-state index in [2.05, 4.69) is 11.4 Å². The normalized spacial score (nSPS) is 16.8. The van der Waals surface area contributed by atoms with E-state index in [0.717, 1.165) is 30.6 Å². The maximum atomic E-state index is 13.3. The summed E-state index contributed by atoms with van der Waals surface area (Å²) in [5.41, 5.74) is 1.80. The molecule has 1 aromatic carbocycles. The fraction of sp³-hybridized carbons (Fsp3) is 0.273. The predicted octanol–water partition coefficient (Wildman–Crippen LogP) is 2.20. The summed E-state index contributed by atoms with van der Waals surface area (Å²) >= 11 is 0. The zero-order valence-electron chi connectivity index (χ0n) is 7.39. The van der Waals surface area contributed by atoms with Crippen LogP contribution in [0.1, 0.15) is 12.0 Å². The molecule has 0 aliphatic carbocycles. The van der Waals surface area contributed by atoms with E-state index in [1.165, 1.54) is 6.07 Å². The molecule has 0 aromatic heterocycles. The lowest BCUT2D eigenvalue weighted by atomic mass is 10.0. The van der Waals surface area contributed by atoms with Crippen molar-refractivity contribution in [2.24, 2.45) is 0 Å². The van der Waals surface area contributed by atoms with Crippen molar-refractivity contribution in [3.05, 3.63) is 41.7 Å². The van der Waals surface area contributed by atoms with Gasteiger partial charge < -0.3 is 5.32 Å². The van der Waals surface area contributed by atoms with Gasteiger partial charge in [0, 0.05) is 12.1 Å². The van der Waals surface area contributed by atoms with Crippen LogP contribution < -0.4 is 5.32 Å². The molecule has 1 N–H and O–H groups in total. The molecule has 0 atom stereocenters. The van der Waals surface area contributed by atoms with Crippen molar-refractivity contribution in [1.29, 1.82) is 0 Å². The highest BCUT2D eigenvalue weighted by atomic mass is 19.1. The lowest BCUT2D eigenvalue weighted by Crippen LogP contribution is -2.21. The highest BCUT2D eigenvalue weighted by Crippen LogP contribution is 2.19. The number of halogens is 1. The molecular formula is C11H12FN. The number of hydrogen-bond acceptors (Lipinski definition) is 1. The second-order valence-electron chi connectivity index (χ2n) is 3.17. The molecule has 0 amide bonds. The summed E-state index contributed by atoms with van der Waals surface area (Å²) in [6.45, 7) is 1.78. The van der Waals surface area contributed by atoms with Crippen molar-refractivity contribution in [3.8, 4) is 0 Å². The second kappa shape index (κ2) is 3.71. The third kappa shape index (κ3) is 1.78. The van der Waals surface area contributed by atoms with Gasteiger partial charge in [-0.3, -0.25) is 0 Å². The van der Waals surface area contributed by atoms with Gasteiger partial charge in [0.15, 0.2) is 0 Å². The maximum Gasteiger partial charge on any atom is 0.130 e. The summed E-state index contributed by atoms with van der Waals surface area (Å²) in [5.74, 6) is -0.127. The maximum absolute atomic E-state index is 13.3. The quantitative estimate of drug-likeness (QED) is 0.693. The van der Waals surface area contributed by atoms with Gasteiger partial charge in [-0.25, -0.2) is 4.39 Å². The molecule has 2 rings (SSSR count). The Kier molecular flexibility index (Phi) is 2.41. The van der Waals surface area contributed by atoms with E-state index in [4.69, 9.17) is 0 Å². The summed E-state index contributed by atoms with van der Waals surface area (Å²) in [5, 5.41) is 3.23. The van der Waals surface area contributed by atoms with Crippen molar-refractivity contribution in [2.45, 2.75) is 6.42 Å². The molecule has 1 nitrogen and oxygen atoms in total. The first-order valence-corrected chi connectivity index (χ1v) is 4.52. The van der Waals surface area contributed by atoms with Crippen LogP contribution in [-0.2, 0) is 0 Å². The van der Waals surface area contributed by atoms with E-state index in [1.807, 2.05) is 12.1 Å². The first kappa shape index (κ1) is 8.45. The largest absolute Gasteiger partial charge is 0.312 e. The van der Waals surface area contributed by atoms with Gasteiger partial charge in [0.1, 0.15) is 5.82 Å². The Hall–Kier alpha value is -1.15. The standard InChI is InChI=1S/C11H12FN/c12-11-6-2-1-5-10(11)9-4-3-7-13-8-9/h1-2,4-6,13H,3,7-8H2. The Labute approximate surface area is 77.3 Å². The first-order valence-electron chi connectivity index (χ1n) is 4.52. The van der Waals surface area contributed by atoms with Crippen LogP contribution in [0, 0.1) is 5.82 Å². The molecule has 1 aliphatic heterocycles. The smallest absolute Gasteiger partial charge is 0.130 e. The lowest BCUT2D eigenvalue weighted by Gasteiger charge is -2.14. The van der Waals surface area contributed by atoms with Gasteiger partial charge in [0.2, 0.25) is 0 Å². The minimum absolute atomic E-state index is 0.127. The Morgan fingerprint density at radius 2 is 2.08 bits per heavy atom. The van der Waals surface area contributed by atoms with Crippen molar-refractivity contribution in [1.82, 2.24) is 5.32 Å². The number of hydrogen-bond donors (Lipinski definition) is 1. The number of nitrogens with one attached hydrogen (secondary N) is 1. The molecule has 0 saturated heterocycles. The molecule has 0 spiro atoms. The number of rotatable bonds is 1. The average Bonchev–Trinajstić information content (AvgIpc) is 2.20. The van der Waals surface area contributed by atoms with Crippen LogP contribution in [0.15, 0.2) is 30.3 Å². The van der Waals surface area contributed by atoms with E-state index >= 15 is 0 Å². The zero-order chi connectivity index (χ0) is 9.10. The Bertz CT molecular complexity index is 331. The summed E-state index contributed by atoms with van der Waals surface area (Å²) < 4.78 is 13.3. The molecule has 2 heteroatoms. The van der Waals surface area contributed by atoms with Crippen LogP contribution >= 0.6 is 0 Å². The average molecular weight is 177 g/mol. The van der Waals surface area contributed by atoms with Gasteiger partial charge in [-0.2, -0.15) is 0 Å². The van der Waals surface area contributed by atoms with Crippen LogP contribution in [0.25, 0.3) is 5.57 Å². The van der Waals surface area contributed by atoms with Crippen molar-refractivity contribution < 1.29 is 4.39 Å². The Morgan fingerprint density at radius 1 is 1.23 bits per heavy atom. The summed E-state index contributed by atoms with van der Waals surface area (Å²) in [4.78, 5) is 0. The highest BCUT2D eigenvalue weighted by Gasteiger charge is 2.08. The van der Waals surface area contributed by atoms with E-state index in [9.17, 15) is 4.39 Å². The highest BCUT2D eigenvalue weighted by molar-refractivity contribution is 5.67. The third-order valence-corrected chi connectivity index (χ3v) is 2.25. The molecule has 0 bridgehead atoms. The van der Waals surface area contributed by atoms with Crippen molar-refractivity contribution >= 4 is 5.57 Å². The molecule has 68 valence electrons. The Morgan fingerprint density at radius 3 is 2.77 bits per heavy atom. The third-order valence-electron chi connectivity index (χ3n) is 2.25. The fourth-order valence-electron chi connectivity index (χ4n) is 1.57. The number of benzene rings is 1. The van der Waals surface area contributed by atoms with Crippen molar-refractivity contribution in [2.75, 3.05) is 13.1 Å². The Balaban J connectivity index is 2.34. The van der Waals surface area contributed by atoms with Crippen LogP contribution in [0.4, 0.5) is 4.39 Å². The lowest BCUT2D eigenvalue weighted by molar-refractivity contribution is 0.621. The molecule has 1 aromatic rings. The van der Waals surface area contributed by atoms with Gasteiger partial charge in [0.05, 0.1) is 0 Å². The van der Waals surface area contributed by atoms with Gasteiger partial charge >= 0.3 is 0 Å². The predicted molar refractivity (Wildman–Crippen MR) is 51.9 cm³/mol. The van der Waals surface area contributed by atoms with E-state index in [-0.39, 0.29) is 5.82 Å². The van der Waals surface area contributed by atoms with Gasteiger partial charge in [0.25, 0.3) is 0 Å². The second-order valence-corrected chi connectivity index (χ2v) is 3.17. The topological polar surface area (TPSA) is 12.0 Å². The minimum atomic E-state index is -0.127. The minimum Gasteiger partial charge on any atom is -0.312 e. The molecule has 0 saturated carbocycles. The summed E-state index contributed by atoms with van der Waals surface area (Å²) in [6, 6.07) is 6.92. The van der Waals surface area contributed by atoms with E-state index in [0.29, 0.717) is 0 Å². The molecule has 1 heterocycles. The monoisotopic (exact) mass is 177 g/mol. The van der Waals surface area contributed by atoms with Gasteiger partial charge in [-0.15, -0.1) is 0 Å². The molecular weight excluding hydrogens is 165 g/mol. The van der Waals surface area contributed by atoms with E-state index in [1.54, 1.807) is 6.07 Å². The molecule has 0 unspecified atom stereocenters. The summed E-state index contributed by atoms with van der Waals surface area (Å²) in [6.07, 6.45) is 3.10. The van der Waals surface area contributed by atoms with Crippen LogP contribution in [-0.4, -0.2) is 13.1 Å². The van der Waals surface area contributed by atoms with Gasteiger partial charge in [-0.1, -0.05) is 24.3 Å². The zero-order valence-corrected chi connectivity index (χ0v) is 7.39. The summed E-state index contributed by atoms with van der Waals surface area (Å²) in [7, 11) is 0. The first-order chi connectivity index (χ1) is 6.38. The molecule has 13 heavy (non-hydrogen) atoms. The van der Waals surface area contributed by atoms with Crippen LogP contribution in [0.3, 0.4) is 0 Å². The van der Waals surface area contributed by atoms with E-state index < -0.39 is 0 Å². The van der Waals surface area contributed by atoms with Crippen LogP contribution in [0.2, 0.25) is 0 Å². The molecule has 0 fully saturated rings. The van der Waals surface area contributed by atoms with Gasteiger partial charge in [-0.05, 0) is 24.6 Å². The fourth-order valence-corrected chi connectivity index (χ4v) is 1.57.